The van der Waals surface area contributed by atoms with Gasteiger partial charge in [0.25, 0.3) is 5.91 Å². The standard InChI is InChI=1S/C14H21F2NO3/c15-14(16,13(20)4-1-5-13)12(19)17-11-9-3-2-8(6-9)10(11)7-18/h8-11,18,20H,1-7H2,(H,17,19). The van der Waals surface area contributed by atoms with E-state index in [1.165, 1.54) is 0 Å². The van der Waals surface area contributed by atoms with Gasteiger partial charge in [0.05, 0.1) is 0 Å². The van der Waals surface area contributed by atoms with Gasteiger partial charge >= 0.3 is 5.92 Å². The van der Waals surface area contributed by atoms with Gasteiger partial charge in [-0.3, -0.25) is 4.79 Å². The Hall–Kier alpha value is -0.750. The van der Waals surface area contributed by atoms with Crippen molar-refractivity contribution in [3.05, 3.63) is 0 Å². The smallest absolute Gasteiger partial charge is 0.352 e. The Labute approximate surface area is 116 Å². The molecule has 0 aromatic heterocycles. The maximum Gasteiger partial charge on any atom is 0.352 e. The van der Waals surface area contributed by atoms with Crippen LogP contribution in [0.5, 0.6) is 0 Å². The highest BCUT2D eigenvalue weighted by atomic mass is 19.3. The zero-order chi connectivity index (χ0) is 14.5. The Morgan fingerprint density at radius 2 is 1.95 bits per heavy atom. The molecule has 0 spiro atoms. The third-order valence-electron chi connectivity index (χ3n) is 5.65. The van der Waals surface area contributed by atoms with Crippen LogP contribution in [0.4, 0.5) is 8.78 Å². The van der Waals surface area contributed by atoms with Crippen LogP contribution in [0.2, 0.25) is 0 Å². The van der Waals surface area contributed by atoms with E-state index in [0.717, 1.165) is 19.3 Å². The number of amides is 1. The summed E-state index contributed by atoms with van der Waals surface area (Å²) in [4.78, 5) is 11.9. The molecule has 0 aromatic carbocycles. The van der Waals surface area contributed by atoms with Crippen molar-refractivity contribution in [2.24, 2.45) is 17.8 Å². The summed E-state index contributed by atoms with van der Waals surface area (Å²) in [6.07, 6.45) is 3.27. The first-order valence-corrected chi connectivity index (χ1v) is 7.41. The Morgan fingerprint density at radius 1 is 1.30 bits per heavy atom. The SMILES string of the molecule is O=C(NC1C2CCC(C2)C1CO)C(F)(F)C1(O)CCC1. The summed E-state index contributed by atoms with van der Waals surface area (Å²) in [6, 6.07) is -0.374. The van der Waals surface area contributed by atoms with E-state index >= 15 is 0 Å². The second-order valence-electron chi connectivity index (χ2n) is 6.64. The number of halogens is 2. The maximum absolute atomic E-state index is 14.0. The van der Waals surface area contributed by atoms with E-state index < -0.39 is 17.4 Å². The van der Waals surface area contributed by atoms with Crippen LogP contribution in [0.25, 0.3) is 0 Å². The highest BCUT2D eigenvalue weighted by Gasteiger charge is 2.62. The molecule has 3 fully saturated rings. The van der Waals surface area contributed by atoms with E-state index in [2.05, 4.69) is 5.32 Å². The first-order chi connectivity index (χ1) is 9.39. The number of fused-ring (bicyclic) bond motifs is 2. The molecule has 4 atom stereocenters. The molecule has 3 saturated carbocycles. The average molecular weight is 289 g/mol. The van der Waals surface area contributed by atoms with Gasteiger partial charge in [-0.05, 0) is 50.4 Å². The van der Waals surface area contributed by atoms with E-state index in [0.29, 0.717) is 12.3 Å². The Balaban J connectivity index is 1.69. The molecule has 2 bridgehead atoms. The van der Waals surface area contributed by atoms with Crippen molar-refractivity contribution in [3.63, 3.8) is 0 Å². The van der Waals surface area contributed by atoms with Gasteiger partial charge < -0.3 is 15.5 Å². The fourth-order valence-corrected chi connectivity index (χ4v) is 4.18. The summed E-state index contributed by atoms with van der Waals surface area (Å²) in [7, 11) is 0. The van der Waals surface area contributed by atoms with Crippen molar-refractivity contribution in [3.8, 4) is 0 Å². The molecule has 0 saturated heterocycles. The minimum Gasteiger partial charge on any atom is -0.396 e. The largest absolute Gasteiger partial charge is 0.396 e. The summed E-state index contributed by atoms with van der Waals surface area (Å²) in [5, 5.41) is 21.6. The molecule has 0 radical (unpaired) electrons. The van der Waals surface area contributed by atoms with Crippen LogP contribution in [0, 0.1) is 17.8 Å². The molecule has 3 aliphatic carbocycles. The summed E-state index contributed by atoms with van der Waals surface area (Å²) in [5.74, 6) is -4.73. The molecule has 0 heterocycles. The molecule has 3 N–H and O–H groups in total. The van der Waals surface area contributed by atoms with Gasteiger partial charge in [-0.1, -0.05) is 0 Å². The predicted octanol–water partition coefficient (Wildman–Crippen LogP) is 1.06. The lowest BCUT2D eigenvalue weighted by Gasteiger charge is -2.42. The van der Waals surface area contributed by atoms with Gasteiger partial charge in [0.1, 0.15) is 5.60 Å². The normalized spacial score (nSPS) is 38.6. The van der Waals surface area contributed by atoms with Crippen molar-refractivity contribution in [1.82, 2.24) is 5.32 Å². The monoisotopic (exact) mass is 289 g/mol. The third kappa shape index (κ3) is 1.88. The fraction of sp³-hybridized carbons (Fsp3) is 0.929. The van der Waals surface area contributed by atoms with E-state index in [9.17, 15) is 23.8 Å². The highest BCUT2D eigenvalue weighted by Crippen LogP contribution is 2.49. The second-order valence-corrected chi connectivity index (χ2v) is 6.64. The number of hydrogen-bond acceptors (Lipinski definition) is 3. The van der Waals surface area contributed by atoms with Gasteiger partial charge in [0, 0.05) is 18.6 Å². The van der Waals surface area contributed by atoms with E-state index in [1.807, 2.05) is 0 Å². The van der Waals surface area contributed by atoms with Crippen LogP contribution in [0.1, 0.15) is 38.5 Å². The molecule has 1 amide bonds. The molecule has 114 valence electrons. The van der Waals surface area contributed by atoms with E-state index in [4.69, 9.17) is 0 Å². The van der Waals surface area contributed by atoms with Crippen molar-refractivity contribution in [2.45, 2.75) is 56.1 Å². The highest BCUT2D eigenvalue weighted by molar-refractivity contribution is 5.85. The van der Waals surface area contributed by atoms with Crippen molar-refractivity contribution >= 4 is 5.91 Å². The van der Waals surface area contributed by atoms with Gasteiger partial charge in [0.15, 0.2) is 0 Å². The lowest BCUT2D eigenvalue weighted by molar-refractivity contribution is -0.216. The number of aliphatic hydroxyl groups is 2. The molecule has 3 aliphatic rings. The fourth-order valence-electron chi connectivity index (χ4n) is 4.18. The number of carbonyl (C=O) groups is 1. The first-order valence-electron chi connectivity index (χ1n) is 7.41. The van der Waals surface area contributed by atoms with E-state index in [-0.39, 0.29) is 37.3 Å². The van der Waals surface area contributed by atoms with Crippen molar-refractivity contribution in [2.75, 3.05) is 6.61 Å². The number of rotatable bonds is 4. The topological polar surface area (TPSA) is 69.6 Å². The molecule has 0 aromatic rings. The van der Waals surface area contributed by atoms with Gasteiger partial charge in [-0.15, -0.1) is 0 Å². The number of carbonyl (C=O) groups excluding carboxylic acids is 1. The third-order valence-corrected chi connectivity index (χ3v) is 5.65. The van der Waals surface area contributed by atoms with Gasteiger partial charge in [-0.25, -0.2) is 0 Å². The lowest BCUT2D eigenvalue weighted by atomic mass is 9.74. The number of alkyl halides is 2. The minimum absolute atomic E-state index is 0.0342. The molecule has 4 unspecified atom stereocenters. The van der Waals surface area contributed by atoms with Gasteiger partial charge in [-0.2, -0.15) is 8.78 Å². The summed E-state index contributed by atoms with van der Waals surface area (Å²) in [6.45, 7) is -0.0814. The molecule has 3 rings (SSSR count). The van der Waals surface area contributed by atoms with Crippen LogP contribution in [-0.2, 0) is 4.79 Å². The molecule has 0 aliphatic heterocycles. The number of nitrogens with one attached hydrogen (secondary N) is 1. The zero-order valence-corrected chi connectivity index (χ0v) is 11.3. The molecule has 6 heteroatoms. The zero-order valence-electron chi connectivity index (χ0n) is 11.3. The first kappa shape index (κ1) is 14.2. The molecule has 4 nitrogen and oxygen atoms in total. The van der Waals surface area contributed by atoms with Crippen LogP contribution in [0.3, 0.4) is 0 Å². The summed E-state index contributed by atoms with van der Waals surface area (Å²) < 4.78 is 28.1. The number of hydrogen-bond donors (Lipinski definition) is 3. The Kier molecular flexibility index (Phi) is 3.29. The summed E-state index contributed by atoms with van der Waals surface area (Å²) in [5.41, 5.74) is -2.18. The molecular weight excluding hydrogens is 268 g/mol. The van der Waals surface area contributed by atoms with Gasteiger partial charge in [0.2, 0.25) is 0 Å². The Morgan fingerprint density at radius 3 is 2.50 bits per heavy atom. The minimum atomic E-state index is -3.74. The van der Waals surface area contributed by atoms with Crippen LogP contribution >= 0.6 is 0 Å². The number of aliphatic hydroxyl groups excluding tert-OH is 1. The predicted molar refractivity (Wildman–Crippen MR) is 67.1 cm³/mol. The molecular formula is C14H21F2NO3. The summed E-state index contributed by atoms with van der Waals surface area (Å²) >= 11 is 0. The van der Waals surface area contributed by atoms with Crippen molar-refractivity contribution in [1.29, 1.82) is 0 Å². The Bertz CT molecular complexity index is 411. The quantitative estimate of drug-likeness (QED) is 0.725. The van der Waals surface area contributed by atoms with Crippen molar-refractivity contribution < 1.29 is 23.8 Å². The lowest BCUT2D eigenvalue weighted by Crippen LogP contribution is -2.62. The van der Waals surface area contributed by atoms with Crippen LogP contribution in [0.15, 0.2) is 0 Å². The van der Waals surface area contributed by atoms with Crippen LogP contribution in [-0.4, -0.2) is 40.3 Å². The maximum atomic E-state index is 14.0. The second kappa shape index (κ2) is 4.63. The average Bonchev–Trinajstić information content (AvgIpc) is 2.96. The van der Waals surface area contributed by atoms with Crippen LogP contribution < -0.4 is 5.32 Å². The van der Waals surface area contributed by atoms with E-state index in [1.54, 1.807) is 0 Å². The molecule has 20 heavy (non-hydrogen) atoms.